The van der Waals surface area contributed by atoms with Gasteiger partial charge in [0.1, 0.15) is 5.01 Å². The van der Waals surface area contributed by atoms with Crippen molar-refractivity contribution in [3.8, 4) is 0 Å². The van der Waals surface area contributed by atoms with Crippen molar-refractivity contribution in [2.45, 2.75) is 58.7 Å². The second-order valence-corrected chi connectivity index (χ2v) is 6.67. The largest absolute Gasteiger partial charge is 0.311 e. The third-order valence-electron chi connectivity index (χ3n) is 3.38. The van der Waals surface area contributed by atoms with Crippen LogP contribution in [0.2, 0.25) is 0 Å². The molecule has 3 nitrogen and oxygen atoms in total. The minimum atomic E-state index is 0.585. The molecule has 1 aromatic heterocycles. The summed E-state index contributed by atoms with van der Waals surface area (Å²) in [6, 6.07) is 1.24. The van der Waals surface area contributed by atoms with Crippen molar-refractivity contribution in [2.24, 2.45) is 0 Å². The first-order valence-electron chi connectivity index (χ1n) is 7.09. The quantitative estimate of drug-likeness (QED) is 0.889. The summed E-state index contributed by atoms with van der Waals surface area (Å²) in [5.74, 6) is 0. The SMILES string of the molecule is CCc1cnc(CN2CCCC(NC(C)C)C2)s1. The molecule has 1 atom stereocenters. The van der Waals surface area contributed by atoms with Crippen molar-refractivity contribution in [1.29, 1.82) is 0 Å². The normalized spacial score (nSPS) is 21.7. The Bertz CT molecular complexity index is 362. The van der Waals surface area contributed by atoms with Gasteiger partial charge in [0.15, 0.2) is 0 Å². The van der Waals surface area contributed by atoms with Crippen molar-refractivity contribution in [2.75, 3.05) is 13.1 Å². The van der Waals surface area contributed by atoms with Crippen LogP contribution in [0.5, 0.6) is 0 Å². The Morgan fingerprint density at radius 2 is 2.39 bits per heavy atom. The Morgan fingerprint density at radius 3 is 3.06 bits per heavy atom. The number of nitrogens with one attached hydrogen (secondary N) is 1. The van der Waals surface area contributed by atoms with E-state index in [2.05, 4.69) is 36.0 Å². The number of hydrogen-bond acceptors (Lipinski definition) is 4. The molecule has 1 saturated heterocycles. The van der Waals surface area contributed by atoms with Gasteiger partial charge in [-0.15, -0.1) is 11.3 Å². The summed E-state index contributed by atoms with van der Waals surface area (Å²) in [6.07, 6.45) is 5.76. The van der Waals surface area contributed by atoms with Gasteiger partial charge in [0.05, 0.1) is 6.54 Å². The Labute approximate surface area is 115 Å². The molecule has 2 rings (SSSR count). The lowest BCUT2D eigenvalue weighted by Gasteiger charge is -2.33. The highest BCUT2D eigenvalue weighted by molar-refractivity contribution is 7.11. The van der Waals surface area contributed by atoms with Gasteiger partial charge in [0.2, 0.25) is 0 Å². The Balaban J connectivity index is 1.85. The standard InChI is InChI=1S/C14H25N3S/c1-4-13-8-15-14(18-13)10-17-7-5-6-12(9-17)16-11(2)3/h8,11-12,16H,4-7,9-10H2,1-3H3. The molecule has 1 unspecified atom stereocenters. The average molecular weight is 267 g/mol. The van der Waals surface area contributed by atoms with Gasteiger partial charge in [-0.1, -0.05) is 20.8 Å². The summed E-state index contributed by atoms with van der Waals surface area (Å²) in [5.41, 5.74) is 0. The molecule has 0 aromatic carbocycles. The second kappa shape index (κ2) is 6.64. The number of aromatic nitrogens is 1. The predicted molar refractivity (Wildman–Crippen MR) is 78.1 cm³/mol. The average Bonchev–Trinajstić information content (AvgIpc) is 2.76. The van der Waals surface area contributed by atoms with Gasteiger partial charge in [0.25, 0.3) is 0 Å². The van der Waals surface area contributed by atoms with E-state index in [0.717, 1.165) is 13.0 Å². The van der Waals surface area contributed by atoms with E-state index in [-0.39, 0.29) is 0 Å². The summed E-state index contributed by atoms with van der Waals surface area (Å²) in [6.45, 7) is 10.1. The molecule has 0 bridgehead atoms. The van der Waals surface area contributed by atoms with E-state index in [1.54, 1.807) is 0 Å². The van der Waals surface area contributed by atoms with Gasteiger partial charge in [-0.3, -0.25) is 4.90 Å². The number of aryl methyl sites for hydroxylation is 1. The molecule has 2 heterocycles. The Hall–Kier alpha value is -0.450. The van der Waals surface area contributed by atoms with E-state index in [1.807, 2.05) is 17.5 Å². The van der Waals surface area contributed by atoms with Crippen LogP contribution in [-0.2, 0) is 13.0 Å². The molecule has 0 radical (unpaired) electrons. The summed E-state index contributed by atoms with van der Waals surface area (Å²) in [7, 11) is 0. The maximum Gasteiger partial charge on any atom is 0.107 e. The van der Waals surface area contributed by atoms with Gasteiger partial charge in [-0.05, 0) is 25.8 Å². The van der Waals surface area contributed by atoms with Gasteiger partial charge >= 0.3 is 0 Å². The summed E-state index contributed by atoms with van der Waals surface area (Å²) >= 11 is 1.87. The van der Waals surface area contributed by atoms with Crippen molar-refractivity contribution in [1.82, 2.24) is 15.2 Å². The van der Waals surface area contributed by atoms with Crippen molar-refractivity contribution in [3.63, 3.8) is 0 Å². The zero-order chi connectivity index (χ0) is 13.0. The topological polar surface area (TPSA) is 28.2 Å². The number of nitrogens with zero attached hydrogens (tertiary/aromatic N) is 2. The molecule has 0 saturated carbocycles. The molecule has 1 aliphatic heterocycles. The van der Waals surface area contributed by atoms with Gasteiger partial charge in [0, 0.05) is 29.7 Å². The minimum absolute atomic E-state index is 0.585. The lowest BCUT2D eigenvalue weighted by Crippen LogP contribution is -2.47. The van der Waals surface area contributed by atoms with Gasteiger partial charge < -0.3 is 5.32 Å². The van der Waals surface area contributed by atoms with Crippen molar-refractivity contribution in [3.05, 3.63) is 16.1 Å². The van der Waals surface area contributed by atoms with Crippen LogP contribution in [0.1, 0.15) is 43.5 Å². The maximum atomic E-state index is 4.52. The van der Waals surface area contributed by atoms with Gasteiger partial charge in [-0.25, -0.2) is 4.98 Å². The summed E-state index contributed by atoms with van der Waals surface area (Å²) in [5, 5.41) is 4.93. The Kier molecular flexibility index (Phi) is 5.15. The molecular weight excluding hydrogens is 242 g/mol. The van der Waals surface area contributed by atoms with Crippen LogP contribution in [0.4, 0.5) is 0 Å². The van der Waals surface area contributed by atoms with Crippen molar-refractivity contribution >= 4 is 11.3 Å². The van der Waals surface area contributed by atoms with Crippen LogP contribution in [0.25, 0.3) is 0 Å². The number of rotatable bonds is 5. The zero-order valence-electron chi connectivity index (χ0n) is 11.8. The fourth-order valence-corrected chi connectivity index (χ4v) is 3.49. The molecule has 1 aliphatic rings. The van der Waals surface area contributed by atoms with Gasteiger partial charge in [-0.2, -0.15) is 0 Å². The molecule has 0 amide bonds. The summed E-state index contributed by atoms with van der Waals surface area (Å²) in [4.78, 5) is 8.47. The van der Waals surface area contributed by atoms with E-state index in [4.69, 9.17) is 0 Å². The van der Waals surface area contributed by atoms with E-state index in [0.29, 0.717) is 12.1 Å². The maximum absolute atomic E-state index is 4.52. The smallest absolute Gasteiger partial charge is 0.107 e. The molecule has 102 valence electrons. The number of hydrogen-bond donors (Lipinski definition) is 1. The monoisotopic (exact) mass is 267 g/mol. The first-order chi connectivity index (χ1) is 8.67. The van der Waals surface area contributed by atoms with Crippen LogP contribution in [0, 0.1) is 0 Å². The number of piperidine rings is 1. The highest BCUT2D eigenvalue weighted by atomic mass is 32.1. The molecular formula is C14H25N3S. The molecule has 1 fully saturated rings. The van der Waals surface area contributed by atoms with E-state index in [9.17, 15) is 0 Å². The van der Waals surface area contributed by atoms with Crippen LogP contribution >= 0.6 is 11.3 Å². The first kappa shape index (κ1) is 14.0. The second-order valence-electron chi connectivity index (χ2n) is 5.47. The molecule has 18 heavy (non-hydrogen) atoms. The third-order valence-corrected chi connectivity index (χ3v) is 4.51. The highest BCUT2D eigenvalue weighted by Crippen LogP contribution is 2.18. The molecule has 1 N–H and O–H groups in total. The predicted octanol–water partition coefficient (Wildman–Crippen LogP) is 2.67. The summed E-state index contributed by atoms with van der Waals surface area (Å²) < 4.78 is 0. The van der Waals surface area contributed by atoms with Crippen LogP contribution in [0.15, 0.2) is 6.20 Å². The fourth-order valence-electron chi connectivity index (χ4n) is 2.58. The lowest BCUT2D eigenvalue weighted by atomic mass is 10.1. The highest BCUT2D eigenvalue weighted by Gasteiger charge is 2.20. The van der Waals surface area contributed by atoms with E-state index >= 15 is 0 Å². The lowest BCUT2D eigenvalue weighted by molar-refractivity contribution is 0.178. The number of thiazole rings is 1. The molecule has 4 heteroatoms. The zero-order valence-corrected chi connectivity index (χ0v) is 12.6. The minimum Gasteiger partial charge on any atom is -0.311 e. The number of likely N-dealkylation sites (tertiary alicyclic amines) is 1. The van der Waals surface area contributed by atoms with E-state index < -0.39 is 0 Å². The van der Waals surface area contributed by atoms with Crippen LogP contribution in [0.3, 0.4) is 0 Å². The van der Waals surface area contributed by atoms with E-state index in [1.165, 1.54) is 35.8 Å². The van der Waals surface area contributed by atoms with Crippen LogP contribution in [-0.4, -0.2) is 35.1 Å². The third kappa shape index (κ3) is 4.04. The fraction of sp³-hybridized carbons (Fsp3) is 0.786. The first-order valence-corrected chi connectivity index (χ1v) is 7.91. The molecule has 0 spiro atoms. The molecule has 0 aliphatic carbocycles. The van der Waals surface area contributed by atoms with Crippen LogP contribution < -0.4 is 5.32 Å². The molecule has 1 aromatic rings. The Morgan fingerprint density at radius 1 is 1.56 bits per heavy atom. The van der Waals surface area contributed by atoms with Crippen molar-refractivity contribution < 1.29 is 0 Å².